The van der Waals surface area contributed by atoms with Gasteiger partial charge in [-0.25, -0.2) is 16.4 Å². The van der Waals surface area contributed by atoms with E-state index in [4.69, 9.17) is 23.2 Å². The summed E-state index contributed by atoms with van der Waals surface area (Å²) in [7, 11) is 0. The highest BCUT2D eigenvalue weighted by Crippen LogP contribution is 2.37. The van der Waals surface area contributed by atoms with Gasteiger partial charge >= 0.3 is 0 Å². The van der Waals surface area contributed by atoms with Gasteiger partial charge in [0.05, 0.1) is 23.6 Å². The zero-order valence-electron chi connectivity index (χ0n) is 23.8. The highest BCUT2D eigenvalue weighted by molar-refractivity contribution is 5.87. The molecule has 0 aliphatic heterocycles. The summed E-state index contributed by atoms with van der Waals surface area (Å²) in [6.45, 7) is 21.9. The molecular formula is C26H48N10O. The second-order valence-corrected chi connectivity index (χ2v) is 8.66. The topological polar surface area (TPSA) is 170 Å². The van der Waals surface area contributed by atoms with E-state index in [2.05, 4.69) is 28.8 Å². The van der Waals surface area contributed by atoms with Gasteiger partial charge in [-0.2, -0.15) is 0 Å². The van der Waals surface area contributed by atoms with Crippen LogP contribution < -0.4 is 28.5 Å². The van der Waals surface area contributed by atoms with Gasteiger partial charge in [-0.1, -0.05) is 25.1 Å². The number of hydrogen-bond acceptors (Lipinski definition) is 9. The fourth-order valence-electron chi connectivity index (χ4n) is 3.35. The van der Waals surface area contributed by atoms with Crippen molar-refractivity contribution in [3.8, 4) is 0 Å². The van der Waals surface area contributed by atoms with Crippen LogP contribution in [0.4, 0.5) is 0 Å². The lowest BCUT2D eigenvalue weighted by Gasteiger charge is -2.29. The Morgan fingerprint density at radius 1 is 1.19 bits per heavy atom. The minimum atomic E-state index is -0.326. The normalized spacial score (nSPS) is 15.9. The molecule has 1 unspecified atom stereocenters. The van der Waals surface area contributed by atoms with Gasteiger partial charge in [0.1, 0.15) is 5.69 Å². The largest absolute Gasteiger partial charge is 0.397 e. The highest BCUT2D eigenvalue weighted by Gasteiger charge is 2.29. The first kappa shape index (κ1) is 33.4. The van der Waals surface area contributed by atoms with Gasteiger partial charge < -0.3 is 26.8 Å². The Morgan fingerprint density at radius 2 is 1.78 bits per heavy atom. The zero-order chi connectivity index (χ0) is 28.9. The van der Waals surface area contributed by atoms with Crippen molar-refractivity contribution in [3.05, 3.63) is 66.1 Å². The van der Waals surface area contributed by atoms with Gasteiger partial charge in [-0.15, -0.1) is 18.3 Å². The number of carbonyl (C=O) groups is 1. The van der Waals surface area contributed by atoms with Gasteiger partial charge in [-0.3, -0.25) is 4.79 Å². The molecule has 9 N–H and O–H groups in total. The molecule has 1 aromatic heterocycles. The van der Waals surface area contributed by atoms with Crippen molar-refractivity contribution in [1.29, 1.82) is 0 Å². The molecule has 37 heavy (non-hydrogen) atoms. The van der Waals surface area contributed by atoms with Crippen molar-refractivity contribution in [2.24, 2.45) is 23.2 Å². The SMILES string of the molecule is C=C.CC.CCN(N)/C=C(\N)C1=C(c2cn(C(C)C)nn2)C(/C(N)=C/N(N)C(C)C)=CC(NC(C)=O)C1. The molecule has 2 rings (SSSR count). The van der Waals surface area contributed by atoms with E-state index in [9.17, 15) is 4.79 Å². The first-order chi connectivity index (χ1) is 17.4. The summed E-state index contributed by atoms with van der Waals surface area (Å²) in [5.74, 6) is 12.0. The van der Waals surface area contributed by atoms with Crippen LogP contribution in [0.2, 0.25) is 0 Å². The standard InChI is InChI=1S/C22H38N10O.C2H6.C2H4/c1-7-30(25)10-19(23)17-8-16(27-15(6)33)9-18(20(24)11-31(26)13(2)3)22(17)21-12-32(14(4)5)29-28-21;2*1-2/h9-14,16H,7-8,23-26H2,1-6H3,(H,27,33);1-2H3;1-2H2/b19-10-,20-11-;;. The van der Waals surface area contributed by atoms with E-state index in [1.165, 1.54) is 16.9 Å². The monoisotopic (exact) mass is 516 g/mol. The Bertz CT molecular complexity index is 987. The number of nitrogens with one attached hydrogen (secondary N) is 1. The van der Waals surface area contributed by atoms with Gasteiger partial charge in [0.15, 0.2) is 0 Å². The minimum absolute atomic E-state index is 0.0351. The van der Waals surface area contributed by atoms with Gasteiger partial charge in [0.2, 0.25) is 5.91 Å². The Hall–Kier alpha value is -3.57. The molecule has 0 saturated heterocycles. The van der Waals surface area contributed by atoms with Crippen LogP contribution in [0.1, 0.15) is 73.5 Å². The quantitative estimate of drug-likeness (QED) is 0.188. The van der Waals surface area contributed by atoms with Crippen molar-refractivity contribution >= 4 is 11.5 Å². The third kappa shape index (κ3) is 9.77. The summed E-state index contributed by atoms with van der Waals surface area (Å²) in [5.41, 5.74) is 16.7. The summed E-state index contributed by atoms with van der Waals surface area (Å²) in [6.07, 6.45) is 7.53. The molecule has 0 saturated carbocycles. The molecule has 0 radical (unpaired) electrons. The fourth-order valence-corrected chi connectivity index (χ4v) is 3.35. The van der Waals surface area contributed by atoms with Gasteiger partial charge in [0, 0.05) is 49.1 Å². The number of amides is 1. The maximum atomic E-state index is 11.9. The molecule has 1 amide bonds. The molecule has 1 aliphatic carbocycles. The summed E-state index contributed by atoms with van der Waals surface area (Å²) in [5, 5.41) is 14.6. The predicted octanol–water partition coefficient (Wildman–Crippen LogP) is 2.66. The fraction of sp³-hybridized carbons (Fsp3) is 0.500. The lowest BCUT2D eigenvalue weighted by Crippen LogP contribution is -2.36. The molecule has 11 heteroatoms. The Balaban J connectivity index is 0.00000308. The highest BCUT2D eigenvalue weighted by atomic mass is 16.1. The van der Waals surface area contributed by atoms with Crippen molar-refractivity contribution in [3.63, 3.8) is 0 Å². The average Bonchev–Trinajstić information content (AvgIpc) is 3.35. The smallest absolute Gasteiger partial charge is 0.217 e. The van der Waals surface area contributed by atoms with E-state index >= 15 is 0 Å². The zero-order valence-corrected chi connectivity index (χ0v) is 23.8. The number of nitrogens with zero attached hydrogens (tertiary/aromatic N) is 5. The van der Waals surface area contributed by atoms with Crippen LogP contribution in [0, 0.1) is 0 Å². The van der Waals surface area contributed by atoms with Crippen LogP contribution in [0.5, 0.6) is 0 Å². The summed E-state index contributed by atoms with van der Waals surface area (Å²) in [4.78, 5) is 11.9. The Morgan fingerprint density at radius 3 is 2.24 bits per heavy atom. The molecule has 0 spiro atoms. The third-order valence-corrected chi connectivity index (χ3v) is 5.26. The molecule has 1 heterocycles. The first-order valence-corrected chi connectivity index (χ1v) is 12.6. The van der Waals surface area contributed by atoms with E-state index in [-0.39, 0.29) is 24.0 Å². The van der Waals surface area contributed by atoms with Gasteiger partial charge in [-0.05, 0) is 46.6 Å². The minimum Gasteiger partial charge on any atom is -0.397 e. The van der Waals surface area contributed by atoms with Crippen LogP contribution in [0.3, 0.4) is 0 Å². The van der Waals surface area contributed by atoms with Crippen molar-refractivity contribution < 1.29 is 4.79 Å². The number of hydrogen-bond donors (Lipinski definition) is 5. The second kappa shape index (κ2) is 16.2. The van der Waals surface area contributed by atoms with Crippen LogP contribution in [-0.2, 0) is 4.79 Å². The third-order valence-electron chi connectivity index (χ3n) is 5.26. The molecule has 0 fully saturated rings. The van der Waals surface area contributed by atoms with Crippen LogP contribution >= 0.6 is 0 Å². The lowest BCUT2D eigenvalue weighted by molar-refractivity contribution is -0.119. The Kier molecular flexibility index (Phi) is 14.7. The second-order valence-electron chi connectivity index (χ2n) is 8.66. The molecule has 11 nitrogen and oxygen atoms in total. The molecule has 1 aliphatic rings. The first-order valence-electron chi connectivity index (χ1n) is 12.6. The summed E-state index contributed by atoms with van der Waals surface area (Å²) >= 11 is 0. The number of nitrogens with two attached hydrogens (primary N) is 4. The van der Waals surface area contributed by atoms with E-state index < -0.39 is 0 Å². The van der Waals surface area contributed by atoms with Crippen LogP contribution in [0.25, 0.3) is 5.57 Å². The maximum Gasteiger partial charge on any atom is 0.217 e. The van der Waals surface area contributed by atoms with E-state index in [0.29, 0.717) is 35.6 Å². The number of carbonyl (C=O) groups excluding carboxylic acids is 1. The lowest BCUT2D eigenvalue weighted by atomic mass is 9.83. The maximum absolute atomic E-state index is 11.9. The summed E-state index contributed by atoms with van der Waals surface area (Å²) in [6, 6.07) is -0.166. The molecule has 0 aromatic carbocycles. The van der Waals surface area contributed by atoms with Crippen molar-refractivity contribution in [2.45, 2.75) is 79.9 Å². The van der Waals surface area contributed by atoms with E-state index in [1.807, 2.05) is 60.7 Å². The van der Waals surface area contributed by atoms with Crippen LogP contribution in [-0.4, -0.2) is 49.5 Å². The molecule has 0 bridgehead atoms. The molecule has 208 valence electrons. The van der Waals surface area contributed by atoms with Crippen molar-refractivity contribution in [2.75, 3.05) is 6.54 Å². The number of hydrazine groups is 2. The number of aromatic nitrogens is 3. The van der Waals surface area contributed by atoms with Crippen LogP contribution in [0.15, 0.2) is 60.4 Å². The molecule has 1 aromatic rings. The van der Waals surface area contributed by atoms with E-state index in [0.717, 1.165) is 11.1 Å². The number of rotatable bonds is 9. The average molecular weight is 517 g/mol. The van der Waals surface area contributed by atoms with Crippen molar-refractivity contribution in [1.82, 2.24) is 30.3 Å². The molecular weight excluding hydrogens is 468 g/mol. The predicted molar refractivity (Wildman–Crippen MR) is 153 cm³/mol. The molecule has 1 atom stereocenters. The Labute approximate surface area is 222 Å². The summed E-state index contributed by atoms with van der Waals surface area (Å²) < 4.78 is 1.77. The number of allylic oxidation sites excluding steroid dienone is 2. The van der Waals surface area contributed by atoms with E-state index in [1.54, 1.807) is 17.1 Å². The van der Waals surface area contributed by atoms with Gasteiger partial charge in [0.25, 0.3) is 0 Å².